The summed E-state index contributed by atoms with van der Waals surface area (Å²) < 4.78 is 0. The summed E-state index contributed by atoms with van der Waals surface area (Å²) in [4.78, 5) is 0. The molecule has 4 heteroatoms. The van der Waals surface area contributed by atoms with Gasteiger partial charge in [0.05, 0.1) is 0 Å². The number of phenols is 1. The zero-order valence-corrected chi connectivity index (χ0v) is 12.9. The van der Waals surface area contributed by atoms with Crippen LogP contribution < -0.4 is 10.6 Å². The lowest BCUT2D eigenvalue weighted by Crippen LogP contribution is -2.30. The maximum Gasteiger partial charge on any atom is 0.170 e. The number of aromatic hydroxyl groups is 1. The predicted octanol–water partition coefficient (Wildman–Crippen LogP) is 3.48. The number of phenolic OH excluding ortho intramolecular Hbond substituents is 1. The number of para-hydroxylation sites is 1. The lowest BCUT2D eigenvalue weighted by molar-refractivity contribution is 0.475. The van der Waals surface area contributed by atoms with Crippen molar-refractivity contribution in [3.63, 3.8) is 0 Å². The summed E-state index contributed by atoms with van der Waals surface area (Å²) in [6, 6.07) is 15.4. The molecule has 0 atom stereocenters. The van der Waals surface area contributed by atoms with E-state index in [0.717, 1.165) is 30.6 Å². The highest BCUT2D eigenvalue weighted by Crippen LogP contribution is 2.15. The summed E-state index contributed by atoms with van der Waals surface area (Å²) in [5.41, 5.74) is 3.47. The van der Waals surface area contributed by atoms with E-state index in [4.69, 9.17) is 12.2 Å². The number of hydrogen-bond acceptors (Lipinski definition) is 2. The monoisotopic (exact) mass is 300 g/mol. The molecule has 0 saturated heterocycles. The fraction of sp³-hybridized carbons (Fsp3) is 0.235. The van der Waals surface area contributed by atoms with Crippen LogP contribution in [0.2, 0.25) is 0 Å². The Bertz CT molecular complexity index is 596. The first kappa shape index (κ1) is 15.3. The standard InChI is InChI=1S/C17H20N2OS/c1-2-14-5-3-4-6-16(14)19-17(21)18-12-11-13-7-9-15(20)10-8-13/h3-10,20H,2,11-12H2,1H3,(H2,18,19,21). The molecule has 0 saturated carbocycles. The fourth-order valence-electron chi connectivity index (χ4n) is 2.10. The highest BCUT2D eigenvalue weighted by Gasteiger charge is 2.02. The van der Waals surface area contributed by atoms with Crippen molar-refractivity contribution >= 4 is 23.0 Å². The van der Waals surface area contributed by atoms with Gasteiger partial charge in [-0.2, -0.15) is 0 Å². The molecule has 2 rings (SSSR count). The molecule has 3 N–H and O–H groups in total. The number of anilines is 1. The Labute approximate surface area is 131 Å². The van der Waals surface area contributed by atoms with Crippen LogP contribution in [0.4, 0.5) is 5.69 Å². The van der Waals surface area contributed by atoms with Gasteiger partial charge in [0, 0.05) is 12.2 Å². The second-order valence-corrected chi connectivity index (χ2v) is 5.22. The Morgan fingerprint density at radius 3 is 2.52 bits per heavy atom. The smallest absolute Gasteiger partial charge is 0.170 e. The Morgan fingerprint density at radius 2 is 1.81 bits per heavy atom. The largest absolute Gasteiger partial charge is 0.508 e. The van der Waals surface area contributed by atoms with Crippen LogP contribution in [0.3, 0.4) is 0 Å². The van der Waals surface area contributed by atoms with Gasteiger partial charge in [0.2, 0.25) is 0 Å². The normalized spacial score (nSPS) is 10.1. The maximum atomic E-state index is 9.24. The van der Waals surface area contributed by atoms with E-state index in [9.17, 15) is 5.11 Å². The van der Waals surface area contributed by atoms with Gasteiger partial charge >= 0.3 is 0 Å². The SMILES string of the molecule is CCc1ccccc1NC(=S)NCCc1ccc(O)cc1. The van der Waals surface area contributed by atoms with E-state index in [2.05, 4.69) is 23.6 Å². The van der Waals surface area contributed by atoms with Crippen LogP contribution in [0.15, 0.2) is 48.5 Å². The minimum atomic E-state index is 0.292. The topological polar surface area (TPSA) is 44.3 Å². The van der Waals surface area contributed by atoms with Crippen molar-refractivity contribution in [2.45, 2.75) is 19.8 Å². The number of benzene rings is 2. The van der Waals surface area contributed by atoms with Crippen LogP contribution in [0, 0.1) is 0 Å². The third-order valence-corrected chi connectivity index (χ3v) is 3.53. The summed E-state index contributed by atoms with van der Waals surface area (Å²) in [7, 11) is 0. The maximum absolute atomic E-state index is 9.24. The average Bonchev–Trinajstić information content (AvgIpc) is 2.50. The van der Waals surface area contributed by atoms with Crippen LogP contribution >= 0.6 is 12.2 Å². The summed E-state index contributed by atoms with van der Waals surface area (Å²) in [5, 5.41) is 16.3. The third-order valence-electron chi connectivity index (χ3n) is 3.28. The third kappa shape index (κ3) is 4.76. The molecule has 0 radical (unpaired) electrons. The van der Waals surface area contributed by atoms with Crippen LogP contribution in [0.5, 0.6) is 5.75 Å². The summed E-state index contributed by atoms with van der Waals surface area (Å²) in [6.07, 6.45) is 1.83. The van der Waals surface area contributed by atoms with Crippen molar-refractivity contribution in [1.82, 2.24) is 5.32 Å². The Hall–Kier alpha value is -2.07. The molecule has 110 valence electrons. The van der Waals surface area contributed by atoms with Crippen molar-refractivity contribution in [3.8, 4) is 5.75 Å². The van der Waals surface area contributed by atoms with Gasteiger partial charge in [-0.25, -0.2) is 0 Å². The number of aryl methyl sites for hydroxylation is 1. The lowest BCUT2D eigenvalue weighted by atomic mass is 10.1. The molecule has 0 amide bonds. The van der Waals surface area contributed by atoms with Crippen LogP contribution in [-0.4, -0.2) is 16.8 Å². The molecule has 3 nitrogen and oxygen atoms in total. The fourth-order valence-corrected chi connectivity index (χ4v) is 2.31. The first-order valence-corrected chi connectivity index (χ1v) is 7.50. The molecule has 0 aromatic heterocycles. The minimum Gasteiger partial charge on any atom is -0.508 e. The van der Waals surface area contributed by atoms with Gasteiger partial charge in [-0.05, 0) is 54.4 Å². The van der Waals surface area contributed by atoms with Crippen molar-refractivity contribution in [3.05, 3.63) is 59.7 Å². The molecule has 0 aliphatic carbocycles. The molecular formula is C17H20N2OS. The van der Waals surface area contributed by atoms with Crippen molar-refractivity contribution in [2.75, 3.05) is 11.9 Å². The number of hydrogen-bond donors (Lipinski definition) is 3. The molecular weight excluding hydrogens is 280 g/mol. The molecule has 0 bridgehead atoms. The first-order valence-electron chi connectivity index (χ1n) is 7.09. The van der Waals surface area contributed by atoms with E-state index in [1.807, 2.05) is 30.3 Å². The van der Waals surface area contributed by atoms with Crippen molar-refractivity contribution < 1.29 is 5.11 Å². The minimum absolute atomic E-state index is 0.292. The van der Waals surface area contributed by atoms with E-state index in [0.29, 0.717) is 10.9 Å². The highest BCUT2D eigenvalue weighted by atomic mass is 32.1. The number of thiocarbonyl (C=S) groups is 1. The lowest BCUT2D eigenvalue weighted by Gasteiger charge is -2.13. The molecule has 21 heavy (non-hydrogen) atoms. The summed E-state index contributed by atoms with van der Waals surface area (Å²) in [5.74, 6) is 0.292. The van der Waals surface area contributed by atoms with Crippen LogP contribution in [-0.2, 0) is 12.8 Å². The predicted molar refractivity (Wildman–Crippen MR) is 91.9 cm³/mol. The Balaban J connectivity index is 1.81. The second kappa shape index (κ2) is 7.64. The van der Waals surface area contributed by atoms with Crippen LogP contribution in [0.1, 0.15) is 18.1 Å². The number of rotatable bonds is 5. The molecule has 0 aliphatic rings. The van der Waals surface area contributed by atoms with Gasteiger partial charge < -0.3 is 15.7 Å². The average molecular weight is 300 g/mol. The van der Waals surface area contributed by atoms with Crippen molar-refractivity contribution in [1.29, 1.82) is 0 Å². The van der Waals surface area contributed by atoms with Gasteiger partial charge in [-0.15, -0.1) is 0 Å². The first-order chi connectivity index (χ1) is 10.2. The Morgan fingerprint density at radius 1 is 1.10 bits per heavy atom. The van der Waals surface area contributed by atoms with Gasteiger partial charge in [0.25, 0.3) is 0 Å². The molecule has 0 heterocycles. The molecule has 0 aliphatic heterocycles. The van der Waals surface area contributed by atoms with E-state index in [1.54, 1.807) is 12.1 Å². The highest BCUT2D eigenvalue weighted by molar-refractivity contribution is 7.80. The molecule has 0 spiro atoms. The van der Waals surface area contributed by atoms with Crippen LogP contribution in [0.25, 0.3) is 0 Å². The van der Waals surface area contributed by atoms with Gasteiger partial charge in [-0.3, -0.25) is 0 Å². The summed E-state index contributed by atoms with van der Waals surface area (Å²) in [6.45, 7) is 2.88. The molecule has 0 fully saturated rings. The zero-order valence-electron chi connectivity index (χ0n) is 12.1. The second-order valence-electron chi connectivity index (χ2n) is 4.81. The quantitative estimate of drug-likeness (QED) is 0.740. The van der Waals surface area contributed by atoms with E-state index in [-0.39, 0.29) is 0 Å². The van der Waals surface area contributed by atoms with Gasteiger partial charge in [-0.1, -0.05) is 37.3 Å². The Kier molecular flexibility index (Phi) is 5.58. The molecule has 2 aromatic rings. The van der Waals surface area contributed by atoms with E-state index >= 15 is 0 Å². The number of nitrogens with one attached hydrogen (secondary N) is 2. The summed E-state index contributed by atoms with van der Waals surface area (Å²) >= 11 is 5.32. The van der Waals surface area contributed by atoms with Gasteiger partial charge in [0.1, 0.15) is 5.75 Å². The van der Waals surface area contributed by atoms with E-state index in [1.165, 1.54) is 5.56 Å². The molecule has 2 aromatic carbocycles. The van der Waals surface area contributed by atoms with Gasteiger partial charge in [0.15, 0.2) is 5.11 Å². The van der Waals surface area contributed by atoms with E-state index < -0.39 is 0 Å². The molecule has 0 unspecified atom stereocenters. The zero-order chi connectivity index (χ0) is 15.1. The van der Waals surface area contributed by atoms with Crippen molar-refractivity contribution in [2.24, 2.45) is 0 Å².